The van der Waals surface area contributed by atoms with Crippen LogP contribution in [0.25, 0.3) is 0 Å². The Labute approximate surface area is 157 Å². The number of carbonyl (C=O) groups is 3. The SMILES string of the molecule is CCOC(=O)c1[nH]c(C)c(C(=O)COc2ccc(C(C)=O)cc2OC)c1C. The predicted molar refractivity (Wildman–Crippen MR) is 99.0 cm³/mol. The first kappa shape index (κ1) is 20.2. The van der Waals surface area contributed by atoms with E-state index in [0.29, 0.717) is 33.9 Å². The van der Waals surface area contributed by atoms with Crippen LogP contribution in [-0.2, 0) is 4.74 Å². The number of aromatic amines is 1. The number of ketones is 2. The fourth-order valence-corrected chi connectivity index (χ4v) is 2.80. The number of methoxy groups -OCH3 is 1. The molecule has 1 aromatic heterocycles. The zero-order valence-corrected chi connectivity index (χ0v) is 16.1. The Bertz CT molecular complexity index is 881. The third kappa shape index (κ3) is 4.36. The van der Waals surface area contributed by atoms with Gasteiger partial charge < -0.3 is 19.2 Å². The summed E-state index contributed by atoms with van der Waals surface area (Å²) in [5.74, 6) is -0.160. The number of H-pyrrole nitrogens is 1. The molecule has 1 N–H and O–H groups in total. The molecule has 1 heterocycles. The maximum atomic E-state index is 12.6. The third-order valence-corrected chi connectivity index (χ3v) is 4.12. The van der Waals surface area contributed by atoms with Gasteiger partial charge in [-0.2, -0.15) is 0 Å². The molecule has 0 aliphatic rings. The van der Waals surface area contributed by atoms with Gasteiger partial charge in [0.15, 0.2) is 23.9 Å². The molecule has 0 atom stereocenters. The molecular formula is C20H23NO6. The first-order chi connectivity index (χ1) is 12.8. The second kappa shape index (κ2) is 8.53. The van der Waals surface area contributed by atoms with Crippen molar-refractivity contribution in [3.8, 4) is 11.5 Å². The number of esters is 1. The van der Waals surface area contributed by atoms with E-state index < -0.39 is 5.97 Å². The fourth-order valence-electron chi connectivity index (χ4n) is 2.80. The number of nitrogens with one attached hydrogen (secondary N) is 1. The van der Waals surface area contributed by atoms with E-state index >= 15 is 0 Å². The van der Waals surface area contributed by atoms with Crippen LogP contribution in [0.5, 0.6) is 11.5 Å². The molecule has 0 radical (unpaired) electrons. The average Bonchev–Trinajstić information content (AvgIpc) is 2.94. The smallest absolute Gasteiger partial charge is 0.355 e. The zero-order chi connectivity index (χ0) is 20.1. The number of hydrogen-bond donors (Lipinski definition) is 1. The van der Waals surface area contributed by atoms with Crippen LogP contribution in [0.2, 0.25) is 0 Å². The highest BCUT2D eigenvalue weighted by molar-refractivity contribution is 6.03. The van der Waals surface area contributed by atoms with E-state index in [1.54, 1.807) is 39.0 Å². The van der Waals surface area contributed by atoms with E-state index in [1.807, 2.05) is 0 Å². The lowest BCUT2D eigenvalue weighted by Gasteiger charge is -2.11. The Balaban J connectivity index is 2.19. The highest BCUT2D eigenvalue weighted by atomic mass is 16.5. The van der Waals surface area contributed by atoms with Crippen molar-refractivity contribution in [3.63, 3.8) is 0 Å². The van der Waals surface area contributed by atoms with Crippen molar-refractivity contribution in [1.82, 2.24) is 4.98 Å². The summed E-state index contributed by atoms with van der Waals surface area (Å²) in [7, 11) is 1.46. The number of aromatic nitrogens is 1. The van der Waals surface area contributed by atoms with Crippen LogP contribution in [0, 0.1) is 13.8 Å². The zero-order valence-electron chi connectivity index (χ0n) is 16.1. The van der Waals surface area contributed by atoms with Crippen molar-refractivity contribution < 1.29 is 28.6 Å². The number of carbonyl (C=O) groups excluding carboxylic acids is 3. The minimum Gasteiger partial charge on any atom is -0.493 e. The second-order valence-electron chi connectivity index (χ2n) is 5.98. The van der Waals surface area contributed by atoms with Gasteiger partial charge in [0.2, 0.25) is 5.78 Å². The maximum absolute atomic E-state index is 12.6. The molecule has 0 spiro atoms. The Kier molecular flexibility index (Phi) is 6.39. The van der Waals surface area contributed by atoms with Gasteiger partial charge in [-0.05, 0) is 51.5 Å². The van der Waals surface area contributed by atoms with Gasteiger partial charge in [-0.3, -0.25) is 9.59 Å². The van der Waals surface area contributed by atoms with Gasteiger partial charge in [0, 0.05) is 16.8 Å². The lowest BCUT2D eigenvalue weighted by molar-refractivity contribution is 0.0519. The summed E-state index contributed by atoms with van der Waals surface area (Å²) >= 11 is 0. The van der Waals surface area contributed by atoms with E-state index in [0.717, 1.165) is 0 Å². The number of aryl methyl sites for hydroxylation is 1. The van der Waals surface area contributed by atoms with Crippen molar-refractivity contribution in [2.24, 2.45) is 0 Å². The summed E-state index contributed by atoms with van der Waals surface area (Å²) in [5, 5.41) is 0. The molecule has 2 aromatic rings. The summed E-state index contributed by atoms with van der Waals surface area (Å²) in [6.45, 7) is 6.58. The molecule has 0 unspecified atom stereocenters. The topological polar surface area (TPSA) is 94.7 Å². The van der Waals surface area contributed by atoms with Crippen LogP contribution < -0.4 is 9.47 Å². The van der Waals surface area contributed by atoms with E-state index in [-0.39, 0.29) is 30.5 Å². The van der Waals surface area contributed by atoms with Crippen LogP contribution in [0.4, 0.5) is 0 Å². The number of benzene rings is 1. The normalized spacial score (nSPS) is 10.4. The van der Waals surface area contributed by atoms with Gasteiger partial charge in [0.1, 0.15) is 5.69 Å². The third-order valence-electron chi connectivity index (χ3n) is 4.12. The molecular weight excluding hydrogens is 350 g/mol. The summed E-state index contributed by atoms with van der Waals surface area (Å²) in [5.41, 5.74) is 2.25. The molecule has 27 heavy (non-hydrogen) atoms. The van der Waals surface area contributed by atoms with Crippen molar-refractivity contribution in [1.29, 1.82) is 0 Å². The van der Waals surface area contributed by atoms with Gasteiger partial charge in [0.25, 0.3) is 0 Å². The largest absolute Gasteiger partial charge is 0.493 e. The minimum absolute atomic E-state index is 0.0963. The van der Waals surface area contributed by atoms with Crippen LogP contribution in [0.1, 0.15) is 56.3 Å². The molecule has 7 nitrogen and oxygen atoms in total. The Morgan fingerprint density at radius 1 is 1.11 bits per heavy atom. The molecule has 0 saturated carbocycles. The van der Waals surface area contributed by atoms with Crippen molar-refractivity contribution in [2.45, 2.75) is 27.7 Å². The molecule has 0 amide bonds. The second-order valence-corrected chi connectivity index (χ2v) is 5.98. The van der Waals surface area contributed by atoms with Crippen molar-refractivity contribution >= 4 is 17.5 Å². The highest BCUT2D eigenvalue weighted by Crippen LogP contribution is 2.29. The first-order valence-corrected chi connectivity index (χ1v) is 8.51. The molecule has 0 aliphatic carbocycles. The summed E-state index contributed by atoms with van der Waals surface area (Å²) in [6, 6.07) is 4.76. The Morgan fingerprint density at radius 3 is 2.41 bits per heavy atom. The minimum atomic E-state index is -0.500. The van der Waals surface area contributed by atoms with Crippen LogP contribution in [0.15, 0.2) is 18.2 Å². The van der Waals surface area contributed by atoms with Crippen molar-refractivity contribution in [2.75, 3.05) is 20.3 Å². The Hall–Kier alpha value is -3.09. The molecule has 0 saturated heterocycles. The lowest BCUT2D eigenvalue weighted by Crippen LogP contribution is -2.14. The van der Waals surface area contributed by atoms with Gasteiger partial charge in [-0.15, -0.1) is 0 Å². The Morgan fingerprint density at radius 2 is 1.81 bits per heavy atom. The van der Waals surface area contributed by atoms with E-state index in [2.05, 4.69) is 4.98 Å². The van der Waals surface area contributed by atoms with Crippen LogP contribution in [0.3, 0.4) is 0 Å². The molecule has 1 aromatic carbocycles. The molecule has 7 heteroatoms. The monoisotopic (exact) mass is 373 g/mol. The molecule has 144 valence electrons. The number of Topliss-reactive ketones (excluding diaryl/α,β-unsaturated/α-hetero) is 2. The number of rotatable bonds is 8. The molecule has 0 bridgehead atoms. The number of ether oxygens (including phenoxy) is 3. The standard InChI is InChI=1S/C20H23NO6/c1-6-26-20(24)19-11(2)18(12(3)21-19)15(23)10-27-16-8-7-14(13(4)22)9-17(16)25-5/h7-9,21H,6,10H2,1-5H3. The molecule has 0 fully saturated rings. The molecule has 0 aliphatic heterocycles. The van der Waals surface area contributed by atoms with Gasteiger partial charge in [-0.25, -0.2) is 4.79 Å². The fraction of sp³-hybridized carbons (Fsp3) is 0.350. The predicted octanol–water partition coefficient (Wildman–Crippen LogP) is 3.28. The number of hydrogen-bond acceptors (Lipinski definition) is 6. The van der Waals surface area contributed by atoms with E-state index in [9.17, 15) is 14.4 Å². The van der Waals surface area contributed by atoms with Crippen LogP contribution >= 0.6 is 0 Å². The van der Waals surface area contributed by atoms with Gasteiger partial charge in [-0.1, -0.05) is 0 Å². The van der Waals surface area contributed by atoms with Gasteiger partial charge in [0.05, 0.1) is 13.7 Å². The maximum Gasteiger partial charge on any atom is 0.355 e. The van der Waals surface area contributed by atoms with Crippen LogP contribution in [-0.4, -0.2) is 42.8 Å². The molecule has 2 rings (SSSR count). The van der Waals surface area contributed by atoms with Crippen molar-refractivity contribution in [3.05, 3.63) is 46.3 Å². The first-order valence-electron chi connectivity index (χ1n) is 8.51. The van der Waals surface area contributed by atoms with Gasteiger partial charge >= 0.3 is 5.97 Å². The summed E-state index contributed by atoms with van der Waals surface area (Å²) < 4.78 is 15.8. The lowest BCUT2D eigenvalue weighted by atomic mass is 10.1. The highest BCUT2D eigenvalue weighted by Gasteiger charge is 2.23. The van der Waals surface area contributed by atoms with E-state index in [4.69, 9.17) is 14.2 Å². The summed E-state index contributed by atoms with van der Waals surface area (Å²) in [6.07, 6.45) is 0. The average molecular weight is 373 g/mol. The summed E-state index contributed by atoms with van der Waals surface area (Å²) in [4.78, 5) is 39.0. The quantitative estimate of drug-likeness (QED) is 0.564. The van der Waals surface area contributed by atoms with E-state index in [1.165, 1.54) is 14.0 Å².